The molecule has 216 valence electrons. The number of anilines is 2. The molecule has 1 atom stereocenters. The van der Waals surface area contributed by atoms with Crippen LogP contribution in [0.25, 0.3) is 17.0 Å². The third-order valence-electron chi connectivity index (χ3n) is 8.80. The van der Waals surface area contributed by atoms with E-state index in [2.05, 4.69) is 32.5 Å². The number of morpholine rings is 1. The van der Waals surface area contributed by atoms with Crippen LogP contribution in [0.3, 0.4) is 0 Å². The van der Waals surface area contributed by atoms with Crippen LogP contribution in [0.5, 0.6) is 0 Å². The highest BCUT2D eigenvalue weighted by molar-refractivity contribution is 5.77. The lowest BCUT2D eigenvalue weighted by molar-refractivity contribution is 0.122. The van der Waals surface area contributed by atoms with Crippen LogP contribution in [0.1, 0.15) is 77.0 Å². The molecule has 3 aliphatic rings. The lowest BCUT2D eigenvalue weighted by Gasteiger charge is -2.35. The third-order valence-corrected chi connectivity index (χ3v) is 8.80. The van der Waals surface area contributed by atoms with E-state index in [-0.39, 0.29) is 17.8 Å². The molecule has 9 nitrogen and oxygen atoms in total. The fourth-order valence-corrected chi connectivity index (χ4v) is 6.55. The average Bonchev–Trinajstić information content (AvgIpc) is 3.39. The monoisotopic (exact) mass is 554 g/mol. The molecule has 11 heteroatoms. The Balaban J connectivity index is 1.21. The molecule has 2 aliphatic carbocycles. The Bertz CT molecular complexity index is 1270. The predicted molar refractivity (Wildman–Crippen MR) is 151 cm³/mol. The second kappa shape index (κ2) is 12.3. The van der Waals surface area contributed by atoms with Gasteiger partial charge in [0.1, 0.15) is 0 Å². The molecule has 2 aromatic heterocycles. The summed E-state index contributed by atoms with van der Waals surface area (Å²) in [7, 11) is 0. The Morgan fingerprint density at radius 1 is 0.850 bits per heavy atom. The number of imidazole rings is 1. The quantitative estimate of drug-likeness (QED) is 0.389. The fourth-order valence-electron chi connectivity index (χ4n) is 6.55. The first kappa shape index (κ1) is 27.3. The molecule has 1 unspecified atom stereocenters. The maximum Gasteiger partial charge on any atom is 0.296 e. The van der Waals surface area contributed by atoms with E-state index in [4.69, 9.17) is 9.72 Å². The van der Waals surface area contributed by atoms with Crippen LogP contribution in [0.15, 0.2) is 24.3 Å². The van der Waals surface area contributed by atoms with E-state index in [9.17, 15) is 8.78 Å². The molecule has 3 fully saturated rings. The van der Waals surface area contributed by atoms with E-state index >= 15 is 0 Å². The lowest BCUT2D eigenvalue weighted by Crippen LogP contribution is -2.44. The highest BCUT2D eigenvalue weighted by Crippen LogP contribution is 2.30. The van der Waals surface area contributed by atoms with Crippen molar-refractivity contribution in [2.75, 3.05) is 36.5 Å². The van der Waals surface area contributed by atoms with Crippen LogP contribution in [0.4, 0.5) is 20.7 Å². The van der Waals surface area contributed by atoms with Crippen molar-refractivity contribution in [3.63, 3.8) is 0 Å². The van der Waals surface area contributed by atoms with Crippen molar-refractivity contribution >= 4 is 22.9 Å². The van der Waals surface area contributed by atoms with Gasteiger partial charge in [0.25, 0.3) is 6.43 Å². The predicted octanol–water partition coefficient (Wildman–Crippen LogP) is 5.27. The number of para-hydroxylation sites is 2. The SMILES string of the molecule is CC(N[C@H]1CC[C@H](Nc2nc(N3CCOCC3)nc(-n3c(C(F)F)nc4ccccc43)n2)CC1)C1CCCCC1. The normalized spacial score (nSPS) is 23.6. The Morgan fingerprint density at radius 3 is 2.30 bits per heavy atom. The Morgan fingerprint density at radius 2 is 1.55 bits per heavy atom. The number of benzene rings is 1. The topological polar surface area (TPSA) is 93.0 Å². The van der Waals surface area contributed by atoms with Crippen LogP contribution in [-0.2, 0) is 4.74 Å². The molecular formula is C29H40F2N8O. The van der Waals surface area contributed by atoms with Gasteiger partial charge in [-0.2, -0.15) is 15.0 Å². The molecule has 40 heavy (non-hydrogen) atoms. The first-order valence-electron chi connectivity index (χ1n) is 14.9. The Hall–Kier alpha value is -2.92. The number of halogens is 2. The standard InChI is InChI=1S/C29H40F2N8O/c1-19(20-7-3-2-4-8-20)32-21-11-13-22(14-12-21)33-27-35-28(38-15-17-40-18-16-38)37-29(36-27)39-24-10-6-5-9-23(24)34-26(39)25(30)31/h5-6,9-10,19-22,25,32H,2-4,7-8,11-18H2,1H3,(H,33,35,36,37)/t19?,21-,22-. The highest BCUT2D eigenvalue weighted by Gasteiger charge is 2.28. The summed E-state index contributed by atoms with van der Waals surface area (Å²) in [6, 6.07) is 8.38. The van der Waals surface area contributed by atoms with Gasteiger partial charge >= 0.3 is 0 Å². The van der Waals surface area contributed by atoms with Gasteiger partial charge in [-0.3, -0.25) is 4.57 Å². The summed E-state index contributed by atoms with van der Waals surface area (Å²) >= 11 is 0. The van der Waals surface area contributed by atoms with Gasteiger partial charge in [0, 0.05) is 31.2 Å². The molecule has 3 aromatic rings. The van der Waals surface area contributed by atoms with Crippen molar-refractivity contribution in [1.82, 2.24) is 29.8 Å². The van der Waals surface area contributed by atoms with Crippen LogP contribution >= 0.6 is 0 Å². The zero-order valence-corrected chi connectivity index (χ0v) is 23.2. The van der Waals surface area contributed by atoms with Gasteiger partial charge in [0.15, 0.2) is 5.82 Å². The second-order valence-corrected chi connectivity index (χ2v) is 11.5. The molecule has 2 N–H and O–H groups in total. The van der Waals surface area contributed by atoms with Crippen molar-refractivity contribution in [2.24, 2.45) is 5.92 Å². The van der Waals surface area contributed by atoms with E-state index in [1.807, 2.05) is 4.90 Å². The van der Waals surface area contributed by atoms with Crippen molar-refractivity contribution in [1.29, 1.82) is 0 Å². The number of hydrogen-bond acceptors (Lipinski definition) is 8. The summed E-state index contributed by atoms with van der Waals surface area (Å²) in [5.41, 5.74) is 1.02. The molecule has 0 amide bonds. The fraction of sp³-hybridized carbons (Fsp3) is 0.655. The average molecular weight is 555 g/mol. The molecule has 1 aromatic carbocycles. The number of hydrogen-bond donors (Lipinski definition) is 2. The van der Waals surface area contributed by atoms with Gasteiger partial charge in [-0.15, -0.1) is 0 Å². The van der Waals surface area contributed by atoms with E-state index in [1.165, 1.54) is 36.7 Å². The zero-order valence-electron chi connectivity index (χ0n) is 23.2. The molecule has 0 bridgehead atoms. The maximum absolute atomic E-state index is 14.1. The minimum atomic E-state index is -2.77. The van der Waals surface area contributed by atoms with Crippen molar-refractivity contribution in [3.05, 3.63) is 30.1 Å². The molecule has 6 rings (SSSR count). The lowest BCUT2D eigenvalue weighted by atomic mass is 9.83. The molecular weight excluding hydrogens is 514 g/mol. The molecule has 2 saturated carbocycles. The van der Waals surface area contributed by atoms with Crippen molar-refractivity contribution < 1.29 is 13.5 Å². The number of aromatic nitrogens is 5. The smallest absolute Gasteiger partial charge is 0.296 e. The summed E-state index contributed by atoms with van der Waals surface area (Å²) in [5, 5.41) is 7.45. The van der Waals surface area contributed by atoms with Crippen LogP contribution in [-0.4, -0.2) is 68.9 Å². The molecule has 1 aliphatic heterocycles. The third kappa shape index (κ3) is 6.05. The van der Waals surface area contributed by atoms with Gasteiger partial charge in [-0.25, -0.2) is 13.8 Å². The van der Waals surface area contributed by atoms with Gasteiger partial charge in [-0.1, -0.05) is 31.4 Å². The largest absolute Gasteiger partial charge is 0.378 e. The Kier molecular flexibility index (Phi) is 8.38. The number of ether oxygens (including phenoxy) is 1. The zero-order chi connectivity index (χ0) is 27.5. The molecule has 0 radical (unpaired) electrons. The second-order valence-electron chi connectivity index (χ2n) is 11.5. The van der Waals surface area contributed by atoms with Gasteiger partial charge in [0.2, 0.25) is 17.8 Å². The van der Waals surface area contributed by atoms with Crippen LogP contribution in [0.2, 0.25) is 0 Å². The number of alkyl halides is 2. The van der Waals surface area contributed by atoms with Crippen LogP contribution in [0, 0.1) is 5.92 Å². The van der Waals surface area contributed by atoms with E-state index in [1.54, 1.807) is 24.3 Å². The van der Waals surface area contributed by atoms with Gasteiger partial charge < -0.3 is 20.3 Å². The van der Waals surface area contributed by atoms with Gasteiger partial charge in [-0.05, 0) is 63.5 Å². The summed E-state index contributed by atoms with van der Waals surface area (Å²) in [5.74, 6) is 1.45. The maximum atomic E-state index is 14.1. The number of nitrogens with one attached hydrogen (secondary N) is 2. The molecule has 3 heterocycles. The summed E-state index contributed by atoms with van der Waals surface area (Å²) in [4.78, 5) is 20.3. The summed E-state index contributed by atoms with van der Waals surface area (Å²) < 4.78 is 35.1. The van der Waals surface area contributed by atoms with E-state index in [0.29, 0.717) is 61.3 Å². The first-order valence-corrected chi connectivity index (χ1v) is 14.9. The van der Waals surface area contributed by atoms with E-state index in [0.717, 1.165) is 31.6 Å². The highest BCUT2D eigenvalue weighted by atomic mass is 19.3. The van der Waals surface area contributed by atoms with Gasteiger partial charge in [0.05, 0.1) is 24.2 Å². The summed E-state index contributed by atoms with van der Waals surface area (Å²) in [6.07, 6.45) is 8.20. The van der Waals surface area contributed by atoms with Crippen molar-refractivity contribution in [2.45, 2.75) is 89.3 Å². The number of rotatable bonds is 8. The summed E-state index contributed by atoms with van der Waals surface area (Å²) in [6.45, 7) is 4.75. The number of fused-ring (bicyclic) bond motifs is 1. The first-order chi connectivity index (χ1) is 19.5. The minimum absolute atomic E-state index is 0.152. The van der Waals surface area contributed by atoms with Crippen molar-refractivity contribution in [3.8, 4) is 5.95 Å². The molecule has 0 spiro atoms. The van der Waals surface area contributed by atoms with Crippen LogP contribution < -0.4 is 15.5 Å². The number of nitrogens with zero attached hydrogens (tertiary/aromatic N) is 6. The Labute approximate surface area is 234 Å². The van der Waals surface area contributed by atoms with E-state index < -0.39 is 6.43 Å². The minimum Gasteiger partial charge on any atom is -0.378 e. The molecule has 1 saturated heterocycles.